The minimum atomic E-state index is -3.83. The summed E-state index contributed by atoms with van der Waals surface area (Å²) in [7, 11) is -7.51. The zero-order chi connectivity index (χ0) is 25.3. The molecular weight excluding hydrogens is 508 g/mol. The molecule has 3 aromatic rings. The van der Waals surface area contributed by atoms with E-state index >= 15 is 0 Å². The van der Waals surface area contributed by atoms with E-state index in [0.29, 0.717) is 6.54 Å². The number of piperazine rings is 1. The molecule has 9 nitrogen and oxygen atoms in total. The topological polar surface area (TPSA) is 120 Å². The van der Waals surface area contributed by atoms with Gasteiger partial charge in [-0.05, 0) is 55.1 Å². The third-order valence-corrected chi connectivity index (χ3v) is 10.5. The summed E-state index contributed by atoms with van der Waals surface area (Å²) in [5.41, 5.74) is 0.566. The fourth-order valence-corrected chi connectivity index (χ4v) is 7.60. The van der Waals surface area contributed by atoms with Crippen molar-refractivity contribution in [2.75, 3.05) is 31.1 Å². The summed E-state index contributed by atoms with van der Waals surface area (Å²) in [4.78, 5) is 5.91. The molecule has 0 amide bonds. The van der Waals surface area contributed by atoms with E-state index in [-0.39, 0.29) is 28.7 Å². The number of aliphatic hydroxyl groups is 1. The number of hydrogen-bond acceptors (Lipinski definition) is 8. The zero-order valence-corrected chi connectivity index (χ0v) is 21.9. The number of thiophene rings is 1. The van der Waals surface area contributed by atoms with Crippen LogP contribution in [0.25, 0.3) is 0 Å². The van der Waals surface area contributed by atoms with Crippen LogP contribution in [-0.2, 0) is 25.6 Å². The predicted octanol–water partition coefficient (Wildman–Crippen LogP) is 2.23. The number of nitrogens with one attached hydrogen (secondary N) is 1. The molecule has 1 atom stereocenters. The third kappa shape index (κ3) is 5.74. The number of sulfonamides is 2. The van der Waals surface area contributed by atoms with E-state index in [2.05, 4.69) is 9.71 Å². The van der Waals surface area contributed by atoms with Crippen molar-refractivity contribution in [3.63, 3.8) is 0 Å². The molecule has 1 fully saturated rings. The minimum absolute atomic E-state index is 0.000925. The van der Waals surface area contributed by atoms with E-state index in [1.165, 1.54) is 22.8 Å². The second-order valence-electron chi connectivity index (χ2n) is 8.79. The van der Waals surface area contributed by atoms with Crippen LogP contribution in [0.1, 0.15) is 19.4 Å². The van der Waals surface area contributed by atoms with E-state index in [1.54, 1.807) is 37.4 Å². The van der Waals surface area contributed by atoms with Gasteiger partial charge in [0.05, 0.1) is 11.6 Å². The molecule has 1 aromatic carbocycles. The summed E-state index contributed by atoms with van der Waals surface area (Å²) < 4.78 is 56.2. The highest BCUT2D eigenvalue weighted by molar-refractivity contribution is 7.91. The molecule has 2 aromatic heterocycles. The summed E-state index contributed by atoms with van der Waals surface area (Å²) in [5, 5.41) is 12.0. The van der Waals surface area contributed by atoms with Crippen LogP contribution in [0.5, 0.6) is 0 Å². The Morgan fingerprint density at radius 3 is 2.43 bits per heavy atom. The average Bonchev–Trinajstić information content (AvgIpc) is 3.39. The van der Waals surface area contributed by atoms with Crippen molar-refractivity contribution in [3.8, 4) is 0 Å². The molecule has 0 saturated carbocycles. The third-order valence-electron chi connectivity index (χ3n) is 5.89. The maximum atomic E-state index is 13.2. The van der Waals surface area contributed by atoms with Crippen molar-refractivity contribution in [3.05, 3.63) is 71.9 Å². The van der Waals surface area contributed by atoms with Gasteiger partial charge in [-0.1, -0.05) is 18.2 Å². The smallest absolute Gasteiger partial charge is 0.252 e. The number of aromatic nitrogens is 1. The average molecular weight is 537 g/mol. The van der Waals surface area contributed by atoms with Crippen LogP contribution in [0.2, 0.25) is 0 Å². The van der Waals surface area contributed by atoms with Crippen LogP contribution in [0.15, 0.2) is 75.4 Å². The highest BCUT2D eigenvalue weighted by Crippen LogP contribution is 2.28. The lowest BCUT2D eigenvalue weighted by Gasteiger charge is -2.42. The van der Waals surface area contributed by atoms with Crippen LogP contribution >= 0.6 is 11.3 Å². The molecule has 2 N–H and O–H groups in total. The van der Waals surface area contributed by atoms with Crippen LogP contribution < -0.4 is 9.62 Å². The Hall–Kier alpha value is -2.35. The van der Waals surface area contributed by atoms with Gasteiger partial charge in [0.1, 0.15) is 9.10 Å². The standard InChI is InChI=1S/C23H28N4O5S3/c1-23(2,28)18-7-9-19(10-8-18)27-13-12-26(35(31,32)22-6-4-14-33-22)17-20(27)15-25-34(29,30)21-5-3-11-24-16-21/h3-11,14,16,20,25,28H,12-13,15,17H2,1-2H3/t20-/m0/s1. The molecule has 0 radical (unpaired) electrons. The summed E-state index contributed by atoms with van der Waals surface area (Å²) in [5.74, 6) is 0. The molecule has 0 unspecified atom stereocenters. The molecule has 3 heterocycles. The quantitative estimate of drug-likeness (QED) is 0.453. The fourth-order valence-electron chi connectivity index (χ4n) is 3.95. The van der Waals surface area contributed by atoms with Gasteiger partial charge in [0.2, 0.25) is 10.0 Å². The predicted molar refractivity (Wildman–Crippen MR) is 135 cm³/mol. The molecule has 1 saturated heterocycles. The van der Waals surface area contributed by atoms with E-state index in [1.807, 2.05) is 29.2 Å². The molecule has 12 heteroatoms. The van der Waals surface area contributed by atoms with E-state index < -0.39 is 31.7 Å². The maximum absolute atomic E-state index is 13.2. The van der Waals surface area contributed by atoms with Gasteiger partial charge in [0, 0.05) is 44.3 Å². The van der Waals surface area contributed by atoms with Gasteiger partial charge in [0.15, 0.2) is 0 Å². The largest absolute Gasteiger partial charge is 0.386 e. The first-order valence-electron chi connectivity index (χ1n) is 11.0. The lowest BCUT2D eigenvalue weighted by Crippen LogP contribution is -2.58. The first kappa shape index (κ1) is 25.7. The number of rotatable bonds is 8. The van der Waals surface area contributed by atoms with Crippen molar-refractivity contribution in [1.82, 2.24) is 14.0 Å². The molecular formula is C23H28N4O5S3. The first-order valence-corrected chi connectivity index (χ1v) is 14.8. The van der Waals surface area contributed by atoms with Gasteiger partial charge in [-0.3, -0.25) is 4.98 Å². The summed E-state index contributed by atoms with van der Waals surface area (Å²) >= 11 is 1.16. The first-order chi connectivity index (χ1) is 16.5. The second-order valence-corrected chi connectivity index (χ2v) is 13.7. The van der Waals surface area contributed by atoms with Gasteiger partial charge in [0.25, 0.3) is 10.0 Å². The molecule has 1 aliphatic rings. The number of nitrogens with zero attached hydrogens (tertiary/aromatic N) is 3. The second kappa shape index (κ2) is 9.96. The number of pyridine rings is 1. The van der Waals surface area contributed by atoms with E-state index in [4.69, 9.17) is 0 Å². The molecule has 4 rings (SSSR count). The van der Waals surface area contributed by atoms with Crippen molar-refractivity contribution < 1.29 is 21.9 Å². The Labute approximate surface area is 210 Å². The number of hydrogen-bond donors (Lipinski definition) is 2. The van der Waals surface area contributed by atoms with Crippen molar-refractivity contribution in [2.45, 2.75) is 34.6 Å². The lowest BCUT2D eigenvalue weighted by atomic mass is 9.98. The summed E-state index contributed by atoms with van der Waals surface area (Å²) in [6.45, 7) is 4.16. The zero-order valence-electron chi connectivity index (χ0n) is 19.4. The Kier molecular flexibility index (Phi) is 7.32. The van der Waals surface area contributed by atoms with Crippen LogP contribution in [0.3, 0.4) is 0 Å². The minimum Gasteiger partial charge on any atom is -0.386 e. The highest BCUT2D eigenvalue weighted by Gasteiger charge is 2.35. The van der Waals surface area contributed by atoms with E-state index in [0.717, 1.165) is 22.6 Å². The van der Waals surface area contributed by atoms with E-state index in [9.17, 15) is 21.9 Å². The highest BCUT2D eigenvalue weighted by atomic mass is 32.2. The molecule has 0 aliphatic carbocycles. The summed E-state index contributed by atoms with van der Waals surface area (Å²) in [6.07, 6.45) is 2.76. The Morgan fingerprint density at radius 2 is 1.83 bits per heavy atom. The van der Waals surface area contributed by atoms with Gasteiger partial charge >= 0.3 is 0 Å². The monoisotopic (exact) mass is 536 g/mol. The molecule has 0 bridgehead atoms. The van der Waals surface area contributed by atoms with Gasteiger partial charge in [-0.2, -0.15) is 4.31 Å². The van der Waals surface area contributed by atoms with Crippen LogP contribution in [0, 0.1) is 0 Å². The van der Waals surface area contributed by atoms with Crippen molar-refractivity contribution >= 4 is 37.1 Å². The normalized spacial score (nSPS) is 18.0. The maximum Gasteiger partial charge on any atom is 0.252 e. The van der Waals surface area contributed by atoms with Gasteiger partial charge in [-0.15, -0.1) is 11.3 Å². The van der Waals surface area contributed by atoms with Crippen molar-refractivity contribution in [2.24, 2.45) is 0 Å². The van der Waals surface area contributed by atoms with Crippen molar-refractivity contribution in [1.29, 1.82) is 0 Å². The summed E-state index contributed by atoms with van der Waals surface area (Å²) in [6, 6.07) is 13.2. The Morgan fingerprint density at radius 1 is 1.09 bits per heavy atom. The number of benzene rings is 1. The molecule has 1 aliphatic heterocycles. The van der Waals surface area contributed by atoms with Crippen LogP contribution in [0.4, 0.5) is 5.69 Å². The molecule has 0 spiro atoms. The Balaban J connectivity index is 1.60. The molecule has 35 heavy (non-hydrogen) atoms. The van der Waals surface area contributed by atoms with Gasteiger partial charge < -0.3 is 10.0 Å². The fraction of sp³-hybridized carbons (Fsp3) is 0.348. The Bertz CT molecular complexity index is 1340. The van der Waals surface area contributed by atoms with Gasteiger partial charge in [-0.25, -0.2) is 21.6 Å². The SMILES string of the molecule is CC(C)(O)c1ccc(N2CCN(S(=O)(=O)c3cccs3)C[C@@H]2CNS(=O)(=O)c2cccnc2)cc1. The lowest BCUT2D eigenvalue weighted by molar-refractivity contribution is 0.0786. The number of anilines is 1. The molecule has 188 valence electrons. The van der Waals surface area contributed by atoms with Crippen LogP contribution in [-0.4, -0.2) is 63.5 Å².